The molecule has 0 aromatic heterocycles. The van der Waals surface area contributed by atoms with Crippen molar-refractivity contribution in [3.63, 3.8) is 0 Å². The van der Waals surface area contributed by atoms with Gasteiger partial charge in [0.05, 0.1) is 0 Å². The lowest BCUT2D eigenvalue weighted by Crippen LogP contribution is -2.67. The standard InChI is InChI=1S/C15H24O8/c1-7-9(21-8-2)22-10-11(18-4)13(19-5)15(3,20-6)23-12(10)14(16)17/h1,9-13H,8H2,2-6H3,(H,16,17)/t9?,10-,11-,12-,13+,15-/m0/s1. The van der Waals surface area contributed by atoms with Crippen molar-refractivity contribution in [2.75, 3.05) is 27.9 Å². The van der Waals surface area contributed by atoms with Crippen molar-refractivity contribution in [1.29, 1.82) is 0 Å². The molecule has 0 bridgehead atoms. The molecule has 1 rings (SSSR count). The van der Waals surface area contributed by atoms with Crippen molar-refractivity contribution in [1.82, 2.24) is 0 Å². The zero-order valence-electron chi connectivity index (χ0n) is 14.0. The summed E-state index contributed by atoms with van der Waals surface area (Å²) in [5.41, 5.74) is 0. The summed E-state index contributed by atoms with van der Waals surface area (Å²) in [7, 11) is 4.25. The molecule has 6 atom stereocenters. The maximum Gasteiger partial charge on any atom is 0.335 e. The van der Waals surface area contributed by atoms with Gasteiger partial charge in [-0.1, -0.05) is 0 Å². The summed E-state index contributed by atoms with van der Waals surface area (Å²) in [6, 6.07) is 0. The van der Waals surface area contributed by atoms with E-state index in [0.29, 0.717) is 6.61 Å². The fourth-order valence-corrected chi connectivity index (χ4v) is 2.56. The van der Waals surface area contributed by atoms with Crippen LogP contribution in [0.1, 0.15) is 13.8 Å². The van der Waals surface area contributed by atoms with Crippen molar-refractivity contribution in [2.45, 2.75) is 50.3 Å². The van der Waals surface area contributed by atoms with Crippen molar-refractivity contribution >= 4 is 5.97 Å². The first-order valence-electron chi connectivity index (χ1n) is 7.13. The third kappa shape index (κ3) is 4.20. The number of hydrogen-bond acceptors (Lipinski definition) is 7. The minimum absolute atomic E-state index is 0.307. The monoisotopic (exact) mass is 332 g/mol. The van der Waals surface area contributed by atoms with Crippen molar-refractivity contribution in [3.05, 3.63) is 0 Å². The van der Waals surface area contributed by atoms with E-state index in [1.54, 1.807) is 13.8 Å². The predicted molar refractivity (Wildman–Crippen MR) is 78.6 cm³/mol. The van der Waals surface area contributed by atoms with E-state index in [2.05, 4.69) is 5.92 Å². The normalized spacial score (nSPS) is 35.5. The molecule has 1 aliphatic heterocycles. The van der Waals surface area contributed by atoms with Crippen LogP contribution in [-0.4, -0.2) is 75.5 Å². The van der Waals surface area contributed by atoms with Crippen LogP contribution >= 0.6 is 0 Å². The fraction of sp³-hybridized carbons (Fsp3) is 0.800. The second-order valence-electron chi connectivity index (χ2n) is 5.01. The fourth-order valence-electron chi connectivity index (χ4n) is 2.56. The molecule has 0 amide bonds. The van der Waals surface area contributed by atoms with Crippen LogP contribution in [0.2, 0.25) is 0 Å². The second kappa shape index (κ2) is 8.59. The number of hydrogen-bond donors (Lipinski definition) is 1. The van der Waals surface area contributed by atoms with E-state index in [1.165, 1.54) is 21.3 Å². The highest BCUT2D eigenvalue weighted by Crippen LogP contribution is 2.35. The number of ether oxygens (including phenoxy) is 6. The summed E-state index contributed by atoms with van der Waals surface area (Å²) >= 11 is 0. The summed E-state index contributed by atoms with van der Waals surface area (Å²) in [5, 5.41) is 9.47. The molecule has 0 spiro atoms. The van der Waals surface area contributed by atoms with E-state index in [1.807, 2.05) is 0 Å². The zero-order chi connectivity index (χ0) is 17.6. The topological polar surface area (TPSA) is 92.7 Å². The van der Waals surface area contributed by atoms with E-state index in [-0.39, 0.29) is 0 Å². The molecule has 132 valence electrons. The van der Waals surface area contributed by atoms with E-state index in [4.69, 9.17) is 34.8 Å². The molecule has 1 aliphatic rings. The Morgan fingerprint density at radius 1 is 1.35 bits per heavy atom. The molecule has 23 heavy (non-hydrogen) atoms. The Morgan fingerprint density at radius 2 is 2.00 bits per heavy atom. The molecule has 0 radical (unpaired) electrons. The molecule has 1 unspecified atom stereocenters. The number of carbonyl (C=O) groups is 1. The van der Waals surface area contributed by atoms with Gasteiger partial charge in [0.1, 0.15) is 18.3 Å². The van der Waals surface area contributed by atoms with E-state index < -0.39 is 42.5 Å². The number of methoxy groups -OCH3 is 3. The van der Waals surface area contributed by atoms with E-state index in [0.717, 1.165) is 0 Å². The Hall–Kier alpha value is -1.21. The predicted octanol–water partition coefficient (Wildman–Crippen LogP) is 0.243. The molecule has 1 fully saturated rings. The minimum Gasteiger partial charge on any atom is -0.479 e. The van der Waals surface area contributed by atoms with Crippen molar-refractivity contribution in [3.8, 4) is 12.3 Å². The Kier molecular flexibility index (Phi) is 7.41. The summed E-state index contributed by atoms with van der Waals surface area (Å²) in [4.78, 5) is 11.6. The van der Waals surface area contributed by atoms with Crippen LogP contribution in [0.3, 0.4) is 0 Å². The van der Waals surface area contributed by atoms with Gasteiger partial charge in [0, 0.05) is 27.9 Å². The number of aliphatic carboxylic acids is 1. The lowest BCUT2D eigenvalue weighted by atomic mass is 9.92. The smallest absolute Gasteiger partial charge is 0.335 e. The maximum absolute atomic E-state index is 11.6. The van der Waals surface area contributed by atoms with Gasteiger partial charge in [0.15, 0.2) is 11.9 Å². The Balaban J connectivity index is 3.16. The highest BCUT2D eigenvalue weighted by atomic mass is 16.8. The van der Waals surface area contributed by atoms with Crippen LogP contribution in [0.15, 0.2) is 0 Å². The second-order valence-corrected chi connectivity index (χ2v) is 5.01. The van der Waals surface area contributed by atoms with Gasteiger partial charge in [-0.05, 0) is 19.8 Å². The molecular weight excluding hydrogens is 308 g/mol. The van der Waals surface area contributed by atoms with Gasteiger partial charge in [0.2, 0.25) is 6.29 Å². The van der Waals surface area contributed by atoms with Gasteiger partial charge in [-0.3, -0.25) is 0 Å². The Bertz CT molecular complexity index is 434. The van der Waals surface area contributed by atoms with Gasteiger partial charge in [-0.25, -0.2) is 4.79 Å². The first-order chi connectivity index (χ1) is 10.9. The van der Waals surface area contributed by atoms with E-state index in [9.17, 15) is 9.90 Å². The molecule has 8 nitrogen and oxygen atoms in total. The first kappa shape index (κ1) is 19.8. The third-order valence-electron chi connectivity index (χ3n) is 3.71. The lowest BCUT2D eigenvalue weighted by Gasteiger charge is -2.48. The summed E-state index contributed by atoms with van der Waals surface area (Å²) < 4.78 is 32.5. The van der Waals surface area contributed by atoms with Gasteiger partial charge in [-0.2, -0.15) is 0 Å². The molecule has 1 heterocycles. The molecule has 1 saturated heterocycles. The van der Waals surface area contributed by atoms with Crippen LogP contribution in [0, 0.1) is 12.3 Å². The van der Waals surface area contributed by atoms with E-state index >= 15 is 0 Å². The lowest BCUT2D eigenvalue weighted by molar-refractivity contribution is -0.360. The molecule has 0 aromatic rings. The average molecular weight is 332 g/mol. The SMILES string of the molecule is C#CC(OCC)O[C@H]1[C@H](OC)[C@@H](OC)[C@@](C)(OC)O[C@@H]1C(=O)O. The van der Waals surface area contributed by atoms with Gasteiger partial charge in [0.25, 0.3) is 0 Å². The van der Waals surface area contributed by atoms with Gasteiger partial charge >= 0.3 is 5.97 Å². The molecular formula is C15H24O8. The van der Waals surface area contributed by atoms with Crippen LogP contribution in [0.4, 0.5) is 0 Å². The van der Waals surface area contributed by atoms with Gasteiger partial charge < -0.3 is 33.5 Å². The molecule has 8 heteroatoms. The molecule has 0 aromatic carbocycles. The minimum atomic E-state index is -1.37. The Labute approximate surface area is 135 Å². The van der Waals surface area contributed by atoms with Gasteiger partial charge in [-0.15, -0.1) is 6.42 Å². The summed E-state index contributed by atoms with van der Waals surface area (Å²) in [6.07, 6.45) is 0.372. The first-order valence-corrected chi connectivity index (χ1v) is 7.13. The number of carboxylic acids is 1. The third-order valence-corrected chi connectivity index (χ3v) is 3.71. The van der Waals surface area contributed by atoms with Crippen LogP contribution < -0.4 is 0 Å². The molecule has 0 saturated carbocycles. The largest absolute Gasteiger partial charge is 0.479 e. The summed E-state index contributed by atoms with van der Waals surface area (Å²) in [6.45, 7) is 3.62. The summed E-state index contributed by atoms with van der Waals surface area (Å²) in [5.74, 6) is -0.257. The quantitative estimate of drug-likeness (QED) is 0.499. The highest BCUT2D eigenvalue weighted by Gasteiger charge is 2.57. The van der Waals surface area contributed by atoms with Crippen LogP contribution in [-0.2, 0) is 33.2 Å². The molecule has 0 aliphatic carbocycles. The zero-order valence-corrected chi connectivity index (χ0v) is 14.0. The average Bonchev–Trinajstić information content (AvgIpc) is 2.54. The van der Waals surface area contributed by atoms with Crippen molar-refractivity contribution in [2.24, 2.45) is 0 Å². The van der Waals surface area contributed by atoms with Crippen LogP contribution in [0.25, 0.3) is 0 Å². The number of carboxylic acid groups (broad SMARTS) is 1. The number of terminal acetylenes is 1. The maximum atomic E-state index is 11.6. The molecule has 1 N–H and O–H groups in total. The Morgan fingerprint density at radius 3 is 2.39 bits per heavy atom. The number of rotatable bonds is 8. The van der Waals surface area contributed by atoms with Crippen molar-refractivity contribution < 1.29 is 38.3 Å². The van der Waals surface area contributed by atoms with Crippen LogP contribution in [0.5, 0.6) is 0 Å². The highest BCUT2D eigenvalue weighted by molar-refractivity contribution is 5.73.